The fraction of sp³-hybridized carbons (Fsp3) is 0.207. The number of hydrogen-bond acceptors (Lipinski definition) is 5. The number of benzene rings is 3. The van der Waals surface area contributed by atoms with Crippen LogP contribution in [0.5, 0.6) is 0 Å². The zero-order valence-corrected chi connectivity index (χ0v) is 21.0. The van der Waals surface area contributed by atoms with Crippen LogP contribution in [-0.2, 0) is 21.0 Å². The number of ketones is 1. The van der Waals surface area contributed by atoms with E-state index in [0.717, 1.165) is 16.7 Å². The molecule has 0 bridgehead atoms. The van der Waals surface area contributed by atoms with Gasteiger partial charge in [0.15, 0.2) is 11.5 Å². The standard InChI is InChI=1S/C23H21NO5S.C6H6/c1-14-20(19(25)13-30(2)28)21(29-24-14)17-5-3-15(4-6-17)16-7-9-18(10-8-16)23(11-12-23)22(26)27;1-2-4-6-5-3-1/h3-10H,11-13H2,1-2H3,(H,26,27);1-6H. The molecule has 1 atom stereocenters. The van der Waals surface area contributed by atoms with Crippen LogP contribution in [0.4, 0.5) is 0 Å². The number of rotatable bonds is 7. The molecular formula is C29H27NO5S. The van der Waals surface area contributed by atoms with Crippen LogP contribution in [-0.4, -0.2) is 38.2 Å². The van der Waals surface area contributed by atoms with E-state index in [4.69, 9.17) is 4.52 Å². The van der Waals surface area contributed by atoms with Crippen molar-refractivity contribution >= 4 is 22.6 Å². The van der Waals surface area contributed by atoms with Crippen LogP contribution < -0.4 is 0 Å². The molecule has 0 radical (unpaired) electrons. The van der Waals surface area contributed by atoms with Gasteiger partial charge in [-0.05, 0) is 36.5 Å². The molecule has 0 saturated heterocycles. The molecule has 4 aromatic rings. The Bertz CT molecular complexity index is 1340. The highest BCUT2D eigenvalue weighted by molar-refractivity contribution is 7.85. The van der Waals surface area contributed by atoms with Gasteiger partial charge in [-0.15, -0.1) is 0 Å². The summed E-state index contributed by atoms with van der Waals surface area (Å²) < 4.78 is 16.8. The fourth-order valence-corrected chi connectivity index (χ4v) is 4.60. The lowest BCUT2D eigenvalue weighted by atomic mass is 9.93. The molecule has 1 N–H and O–H groups in total. The summed E-state index contributed by atoms with van der Waals surface area (Å²) in [7, 11) is -1.24. The number of aromatic nitrogens is 1. The van der Waals surface area contributed by atoms with Crippen molar-refractivity contribution in [2.75, 3.05) is 12.0 Å². The fourth-order valence-electron chi connectivity index (χ4n) is 4.08. The highest BCUT2D eigenvalue weighted by Gasteiger charge is 2.51. The molecule has 1 fully saturated rings. The summed E-state index contributed by atoms with van der Waals surface area (Å²) in [4.78, 5) is 23.9. The molecule has 5 rings (SSSR count). The average Bonchev–Trinajstić information content (AvgIpc) is 3.62. The van der Waals surface area contributed by atoms with Crippen LogP contribution in [0.3, 0.4) is 0 Å². The van der Waals surface area contributed by atoms with Crippen LogP contribution in [0.2, 0.25) is 0 Å². The first-order valence-electron chi connectivity index (χ1n) is 11.6. The molecule has 184 valence electrons. The lowest BCUT2D eigenvalue weighted by molar-refractivity contribution is -0.140. The average molecular weight is 502 g/mol. The van der Waals surface area contributed by atoms with Crippen molar-refractivity contribution in [3.05, 3.63) is 102 Å². The molecule has 0 aliphatic heterocycles. The third-order valence-electron chi connectivity index (χ3n) is 6.22. The van der Waals surface area contributed by atoms with Crippen molar-refractivity contribution in [1.29, 1.82) is 0 Å². The topological polar surface area (TPSA) is 97.5 Å². The van der Waals surface area contributed by atoms with Crippen molar-refractivity contribution < 1.29 is 23.4 Å². The number of aliphatic carboxylic acids is 1. The number of carboxylic acid groups (broad SMARTS) is 1. The lowest BCUT2D eigenvalue weighted by Gasteiger charge is -2.11. The van der Waals surface area contributed by atoms with Gasteiger partial charge in [0, 0.05) is 22.6 Å². The second kappa shape index (κ2) is 10.8. The smallest absolute Gasteiger partial charge is 0.314 e. The summed E-state index contributed by atoms with van der Waals surface area (Å²) in [6, 6.07) is 27.1. The van der Waals surface area contributed by atoms with Crippen LogP contribution >= 0.6 is 0 Å². The van der Waals surface area contributed by atoms with Gasteiger partial charge >= 0.3 is 5.97 Å². The highest BCUT2D eigenvalue weighted by Crippen LogP contribution is 2.48. The van der Waals surface area contributed by atoms with E-state index < -0.39 is 22.2 Å². The van der Waals surface area contributed by atoms with Gasteiger partial charge in [-0.25, -0.2) is 0 Å². The summed E-state index contributed by atoms with van der Waals surface area (Å²) in [5.74, 6) is -0.713. The third kappa shape index (κ3) is 5.52. The quantitative estimate of drug-likeness (QED) is 0.327. The first kappa shape index (κ1) is 25.3. The van der Waals surface area contributed by atoms with E-state index in [-0.39, 0.29) is 11.5 Å². The van der Waals surface area contributed by atoms with E-state index >= 15 is 0 Å². The summed E-state index contributed by atoms with van der Waals surface area (Å²) >= 11 is 0. The van der Waals surface area contributed by atoms with Gasteiger partial charge in [0.1, 0.15) is 0 Å². The largest absolute Gasteiger partial charge is 0.481 e. The van der Waals surface area contributed by atoms with Gasteiger partial charge < -0.3 is 9.63 Å². The predicted molar refractivity (Wildman–Crippen MR) is 140 cm³/mol. The minimum Gasteiger partial charge on any atom is -0.481 e. The Labute approximate surface area is 212 Å². The van der Waals surface area contributed by atoms with E-state index in [9.17, 15) is 18.9 Å². The van der Waals surface area contributed by atoms with E-state index in [1.807, 2.05) is 84.9 Å². The maximum Gasteiger partial charge on any atom is 0.314 e. The number of carbonyl (C=O) groups is 2. The van der Waals surface area contributed by atoms with Crippen LogP contribution in [0.1, 0.15) is 34.5 Å². The number of Topliss-reactive ketones (excluding diaryl/α,β-unsaturated/α-hetero) is 1. The number of carboxylic acids is 1. The first-order chi connectivity index (χ1) is 17.3. The SMILES string of the molecule is Cc1noc(-c2ccc(-c3ccc(C4(C(=O)O)CC4)cc3)cc2)c1C(=O)CS(C)=O.c1ccccc1. The molecule has 7 heteroatoms. The molecule has 1 heterocycles. The minimum absolute atomic E-state index is 0.0721. The van der Waals surface area contributed by atoms with Gasteiger partial charge in [0.2, 0.25) is 0 Å². The Kier molecular flexibility index (Phi) is 7.60. The molecule has 1 unspecified atom stereocenters. The van der Waals surface area contributed by atoms with Gasteiger partial charge in [0.05, 0.1) is 22.4 Å². The Morgan fingerprint density at radius 1 is 0.889 bits per heavy atom. The Morgan fingerprint density at radius 3 is 1.81 bits per heavy atom. The normalized spacial score (nSPS) is 14.3. The van der Waals surface area contributed by atoms with E-state index in [1.165, 1.54) is 6.26 Å². The summed E-state index contributed by atoms with van der Waals surface area (Å²) in [6.45, 7) is 1.69. The number of hydrogen-bond donors (Lipinski definition) is 1. The maximum atomic E-state index is 12.5. The summed E-state index contributed by atoms with van der Waals surface area (Å²) in [6.07, 6.45) is 2.85. The van der Waals surface area contributed by atoms with Crippen LogP contribution in [0, 0.1) is 6.92 Å². The lowest BCUT2D eigenvalue weighted by Crippen LogP contribution is -2.19. The number of nitrogens with zero attached hydrogens (tertiary/aromatic N) is 1. The molecule has 3 aromatic carbocycles. The number of carbonyl (C=O) groups excluding carboxylic acids is 1. The molecule has 6 nitrogen and oxygen atoms in total. The predicted octanol–water partition coefficient (Wildman–Crippen LogP) is 5.68. The number of aryl methyl sites for hydroxylation is 1. The first-order valence-corrected chi connectivity index (χ1v) is 13.3. The van der Waals surface area contributed by atoms with Gasteiger partial charge in [-0.3, -0.25) is 13.8 Å². The van der Waals surface area contributed by atoms with Crippen molar-refractivity contribution in [3.8, 4) is 22.5 Å². The van der Waals surface area contributed by atoms with Crippen LogP contribution in [0.15, 0.2) is 89.5 Å². The zero-order chi connectivity index (χ0) is 25.7. The monoisotopic (exact) mass is 501 g/mol. The molecule has 0 spiro atoms. The van der Waals surface area contributed by atoms with Crippen molar-refractivity contribution in [2.45, 2.75) is 25.2 Å². The van der Waals surface area contributed by atoms with Gasteiger partial charge in [-0.2, -0.15) is 0 Å². The van der Waals surface area contributed by atoms with Crippen molar-refractivity contribution in [1.82, 2.24) is 5.16 Å². The second-order valence-corrected chi connectivity index (χ2v) is 10.2. The van der Waals surface area contributed by atoms with Crippen molar-refractivity contribution in [3.63, 3.8) is 0 Å². The molecule has 1 aliphatic rings. The van der Waals surface area contributed by atoms with Gasteiger partial charge in [-0.1, -0.05) is 90.1 Å². The van der Waals surface area contributed by atoms with E-state index in [0.29, 0.717) is 35.4 Å². The van der Waals surface area contributed by atoms with Crippen molar-refractivity contribution in [2.24, 2.45) is 0 Å². The highest BCUT2D eigenvalue weighted by atomic mass is 32.2. The minimum atomic E-state index is -1.24. The molecule has 1 aliphatic carbocycles. The van der Waals surface area contributed by atoms with Crippen LogP contribution in [0.25, 0.3) is 22.5 Å². The van der Waals surface area contributed by atoms with E-state index in [2.05, 4.69) is 5.16 Å². The van der Waals surface area contributed by atoms with Gasteiger partial charge in [0.25, 0.3) is 0 Å². The summed E-state index contributed by atoms with van der Waals surface area (Å²) in [5, 5.41) is 13.4. The maximum absolute atomic E-state index is 12.5. The Morgan fingerprint density at radius 2 is 1.36 bits per heavy atom. The molecular weight excluding hydrogens is 474 g/mol. The zero-order valence-electron chi connectivity index (χ0n) is 20.1. The molecule has 1 aromatic heterocycles. The Hall–Kier alpha value is -3.84. The van der Waals surface area contributed by atoms with E-state index in [1.54, 1.807) is 6.92 Å². The summed E-state index contributed by atoms with van der Waals surface area (Å²) in [5.41, 5.74) is 3.62. The molecule has 36 heavy (non-hydrogen) atoms. The Balaban J connectivity index is 0.000000445. The third-order valence-corrected chi connectivity index (χ3v) is 6.89. The second-order valence-electron chi connectivity index (χ2n) is 8.81. The molecule has 0 amide bonds. The molecule has 1 saturated carbocycles.